The van der Waals surface area contributed by atoms with E-state index in [1.165, 1.54) is 34.4 Å². The summed E-state index contributed by atoms with van der Waals surface area (Å²) in [6.45, 7) is 1.80. The number of carbonyl (C=O) groups is 2. The second-order valence-corrected chi connectivity index (χ2v) is 7.74. The van der Waals surface area contributed by atoms with Crippen LogP contribution in [-0.2, 0) is 16.1 Å². The van der Waals surface area contributed by atoms with Crippen molar-refractivity contribution in [2.24, 2.45) is 0 Å². The number of carbonyl (C=O) groups excluding carboxylic acids is 2. The van der Waals surface area contributed by atoms with E-state index in [9.17, 15) is 19.1 Å². The van der Waals surface area contributed by atoms with Gasteiger partial charge in [0.2, 0.25) is 0 Å². The number of ketones is 1. The van der Waals surface area contributed by atoms with Crippen molar-refractivity contribution >= 4 is 28.8 Å². The first kappa shape index (κ1) is 19.0. The Kier molecular flexibility index (Phi) is 4.98. The number of hydrogen-bond donors (Lipinski definition) is 1. The molecule has 7 heteroatoms. The molecule has 1 amide bonds. The lowest BCUT2D eigenvalue weighted by Gasteiger charge is -2.24. The quantitative estimate of drug-likeness (QED) is 0.399. The minimum Gasteiger partial charge on any atom is -0.507 e. The maximum atomic E-state index is 14.0. The van der Waals surface area contributed by atoms with E-state index in [-0.39, 0.29) is 23.4 Å². The molecule has 1 fully saturated rings. The number of aryl methyl sites for hydroxylation is 1. The summed E-state index contributed by atoms with van der Waals surface area (Å²) < 4.78 is 14.0. The molecule has 3 aromatic rings. The van der Waals surface area contributed by atoms with Crippen molar-refractivity contribution in [3.05, 3.63) is 93.2 Å². The molecule has 1 saturated heterocycles. The molecule has 1 N–H and O–H groups in total. The highest BCUT2D eigenvalue weighted by atomic mass is 32.1. The zero-order chi connectivity index (χ0) is 20.5. The Morgan fingerprint density at radius 2 is 1.97 bits per heavy atom. The van der Waals surface area contributed by atoms with E-state index in [0.717, 1.165) is 10.4 Å². The van der Waals surface area contributed by atoms with Crippen LogP contribution in [0, 0.1) is 12.7 Å². The van der Waals surface area contributed by atoms with Gasteiger partial charge in [-0.1, -0.05) is 18.2 Å². The number of Topliss-reactive ketones (excluding diaryl/α,β-unsaturated/α-hetero) is 1. The van der Waals surface area contributed by atoms with Gasteiger partial charge in [0.05, 0.1) is 11.6 Å². The minimum atomic E-state index is -0.782. The van der Waals surface area contributed by atoms with Crippen LogP contribution in [0.5, 0.6) is 0 Å². The van der Waals surface area contributed by atoms with Gasteiger partial charge in [-0.15, -0.1) is 11.3 Å². The number of aliphatic hydroxyl groups is 1. The Hall–Kier alpha value is -3.32. The van der Waals surface area contributed by atoms with Gasteiger partial charge in [0.15, 0.2) is 0 Å². The van der Waals surface area contributed by atoms with Gasteiger partial charge in [-0.3, -0.25) is 14.6 Å². The SMILES string of the molecule is Cc1ccc(C(O)=C2C(=O)C(=O)N(Cc3ccncc3)[C@@H]2c2cccs2)cc1F. The maximum absolute atomic E-state index is 14.0. The van der Waals surface area contributed by atoms with Crippen molar-refractivity contribution in [2.75, 3.05) is 0 Å². The van der Waals surface area contributed by atoms with Gasteiger partial charge >= 0.3 is 0 Å². The van der Waals surface area contributed by atoms with Crippen LogP contribution >= 0.6 is 11.3 Å². The molecular weight excluding hydrogens is 391 g/mol. The molecule has 1 atom stereocenters. The van der Waals surface area contributed by atoms with Crippen LogP contribution < -0.4 is 0 Å². The molecular formula is C22H17FN2O3S. The zero-order valence-electron chi connectivity index (χ0n) is 15.5. The van der Waals surface area contributed by atoms with Crippen LogP contribution in [0.2, 0.25) is 0 Å². The zero-order valence-corrected chi connectivity index (χ0v) is 16.3. The molecule has 4 rings (SSSR count). The fourth-order valence-electron chi connectivity index (χ4n) is 3.37. The highest BCUT2D eigenvalue weighted by Gasteiger charge is 2.46. The summed E-state index contributed by atoms with van der Waals surface area (Å²) in [6, 6.07) is 10.6. The second-order valence-electron chi connectivity index (χ2n) is 6.76. The van der Waals surface area contributed by atoms with Gasteiger partial charge in [0, 0.05) is 29.4 Å². The lowest BCUT2D eigenvalue weighted by molar-refractivity contribution is -0.140. The summed E-state index contributed by atoms with van der Waals surface area (Å²) in [4.78, 5) is 31.8. The van der Waals surface area contributed by atoms with Gasteiger partial charge in [0.25, 0.3) is 11.7 Å². The monoisotopic (exact) mass is 408 g/mol. The van der Waals surface area contributed by atoms with Crippen molar-refractivity contribution in [1.29, 1.82) is 0 Å². The number of rotatable bonds is 4. The number of nitrogens with zero attached hydrogens (tertiary/aromatic N) is 2. The molecule has 1 aliphatic rings. The van der Waals surface area contributed by atoms with Gasteiger partial charge in [-0.2, -0.15) is 0 Å². The average Bonchev–Trinajstić information content (AvgIpc) is 3.33. The van der Waals surface area contributed by atoms with E-state index in [0.29, 0.717) is 5.56 Å². The predicted octanol–water partition coefficient (Wildman–Crippen LogP) is 4.21. The molecule has 0 radical (unpaired) electrons. The van der Waals surface area contributed by atoms with Crippen molar-refractivity contribution in [2.45, 2.75) is 19.5 Å². The largest absolute Gasteiger partial charge is 0.507 e. The first-order valence-corrected chi connectivity index (χ1v) is 9.82. The number of likely N-dealkylation sites (tertiary alicyclic amines) is 1. The standard InChI is InChI=1S/C22H17FN2O3S/c1-13-4-5-15(11-16(13)23)20(26)18-19(17-3-2-10-29-17)25(22(28)21(18)27)12-14-6-8-24-9-7-14/h2-11,19,26H,12H2,1H3/t19-/m1/s1. The van der Waals surface area contributed by atoms with Crippen molar-refractivity contribution in [3.63, 3.8) is 0 Å². The first-order valence-electron chi connectivity index (χ1n) is 8.94. The Morgan fingerprint density at radius 1 is 1.21 bits per heavy atom. The second kappa shape index (κ2) is 7.60. The third kappa shape index (κ3) is 3.45. The average molecular weight is 408 g/mol. The Bertz CT molecular complexity index is 1110. The summed E-state index contributed by atoms with van der Waals surface area (Å²) in [7, 11) is 0. The summed E-state index contributed by atoms with van der Waals surface area (Å²) >= 11 is 1.38. The van der Waals surface area contributed by atoms with Crippen LogP contribution in [0.4, 0.5) is 4.39 Å². The van der Waals surface area contributed by atoms with Crippen LogP contribution in [0.1, 0.15) is 27.6 Å². The molecule has 1 aliphatic heterocycles. The highest BCUT2D eigenvalue weighted by Crippen LogP contribution is 2.41. The minimum absolute atomic E-state index is 0.0326. The number of thiophene rings is 1. The molecule has 3 heterocycles. The molecule has 1 aromatic carbocycles. The molecule has 0 unspecified atom stereocenters. The number of halogens is 1. The van der Waals surface area contributed by atoms with E-state index in [1.54, 1.807) is 31.5 Å². The number of benzene rings is 1. The van der Waals surface area contributed by atoms with Crippen LogP contribution in [-0.4, -0.2) is 26.7 Å². The van der Waals surface area contributed by atoms with Crippen molar-refractivity contribution in [1.82, 2.24) is 9.88 Å². The fraction of sp³-hybridized carbons (Fsp3) is 0.136. The summed E-state index contributed by atoms with van der Waals surface area (Å²) in [5.74, 6) is -2.35. The summed E-state index contributed by atoms with van der Waals surface area (Å²) in [5, 5.41) is 12.7. The molecule has 146 valence electrons. The summed E-state index contributed by atoms with van der Waals surface area (Å²) in [5.41, 5.74) is 1.37. The van der Waals surface area contributed by atoms with Crippen LogP contribution in [0.3, 0.4) is 0 Å². The van der Waals surface area contributed by atoms with E-state index in [1.807, 2.05) is 17.5 Å². The topological polar surface area (TPSA) is 70.5 Å². The number of hydrogen-bond acceptors (Lipinski definition) is 5. The molecule has 0 aliphatic carbocycles. The Labute approximate surface area is 170 Å². The van der Waals surface area contributed by atoms with E-state index < -0.39 is 23.5 Å². The number of pyridine rings is 1. The van der Waals surface area contributed by atoms with Crippen molar-refractivity contribution < 1.29 is 19.1 Å². The molecule has 5 nitrogen and oxygen atoms in total. The fourth-order valence-corrected chi connectivity index (χ4v) is 4.21. The highest BCUT2D eigenvalue weighted by molar-refractivity contribution is 7.10. The van der Waals surface area contributed by atoms with E-state index in [2.05, 4.69) is 4.98 Å². The normalized spacial score (nSPS) is 18.4. The molecule has 29 heavy (non-hydrogen) atoms. The smallest absolute Gasteiger partial charge is 0.295 e. The third-order valence-corrected chi connectivity index (χ3v) is 5.82. The Balaban J connectivity index is 1.84. The van der Waals surface area contributed by atoms with E-state index >= 15 is 0 Å². The van der Waals surface area contributed by atoms with E-state index in [4.69, 9.17) is 0 Å². The molecule has 0 spiro atoms. The van der Waals surface area contributed by atoms with Gasteiger partial charge in [0.1, 0.15) is 11.6 Å². The molecule has 2 aromatic heterocycles. The number of aromatic nitrogens is 1. The molecule has 0 saturated carbocycles. The van der Waals surface area contributed by atoms with Gasteiger partial charge < -0.3 is 10.0 Å². The number of amides is 1. The molecule has 0 bridgehead atoms. The predicted molar refractivity (Wildman–Crippen MR) is 108 cm³/mol. The number of aliphatic hydroxyl groups excluding tert-OH is 1. The van der Waals surface area contributed by atoms with Crippen LogP contribution in [0.15, 0.2) is 65.8 Å². The lowest BCUT2D eigenvalue weighted by Crippen LogP contribution is -2.28. The van der Waals surface area contributed by atoms with Crippen LogP contribution in [0.25, 0.3) is 5.76 Å². The third-order valence-electron chi connectivity index (χ3n) is 4.90. The lowest BCUT2D eigenvalue weighted by atomic mass is 9.99. The van der Waals surface area contributed by atoms with Gasteiger partial charge in [-0.25, -0.2) is 4.39 Å². The Morgan fingerprint density at radius 3 is 2.62 bits per heavy atom. The first-order chi connectivity index (χ1) is 14.0. The summed E-state index contributed by atoms with van der Waals surface area (Å²) in [6.07, 6.45) is 3.22. The van der Waals surface area contributed by atoms with Crippen molar-refractivity contribution in [3.8, 4) is 0 Å². The maximum Gasteiger partial charge on any atom is 0.295 e. The van der Waals surface area contributed by atoms with Gasteiger partial charge in [-0.05, 0) is 47.7 Å².